The van der Waals surface area contributed by atoms with E-state index in [1.165, 1.54) is 27.8 Å². The summed E-state index contributed by atoms with van der Waals surface area (Å²) >= 11 is 0. The lowest BCUT2D eigenvalue weighted by Gasteiger charge is -2.21. The summed E-state index contributed by atoms with van der Waals surface area (Å²) in [7, 11) is 4.33. The highest BCUT2D eigenvalue weighted by atomic mass is 16.5. The topological polar surface area (TPSA) is 24.9 Å². The Morgan fingerprint density at radius 2 is 1.37 bits per heavy atom. The second-order valence-corrected chi connectivity index (χ2v) is 9.38. The van der Waals surface area contributed by atoms with Crippen LogP contribution in [0.4, 0.5) is 0 Å². The lowest BCUT2D eigenvalue weighted by atomic mass is 9.98. The van der Waals surface area contributed by atoms with E-state index < -0.39 is 0 Å². The first-order valence-electron chi connectivity index (χ1n) is 11.3. The van der Waals surface area contributed by atoms with Crippen molar-refractivity contribution in [1.82, 2.24) is 9.80 Å². The van der Waals surface area contributed by atoms with Gasteiger partial charge in [0, 0.05) is 32.6 Å². The summed E-state index contributed by atoms with van der Waals surface area (Å²) in [5, 5.41) is 0. The van der Waals surface area contributed by atoms with Gasteiger partial charge < -0.3 is 19.3 Å². The molecule has 2 aromatic carbocycles. The molecule has 0 radical (unpaired) electrons. The van der Waals surface area contributed by atoms with Crippen LogP contribution < -0.4 is 9.47 Å². The van der Waals surface area contributed by atoms with E-state index in [-0.39, 0.29) is 0 Å². The Kier molecular flexibility index (Phi) is 6.35. The molecule has 4 nitrogen and oxygen atoms in total. The molecule has 2 atom stereocenters. The van der Waals surface area contributed by atoms with E-state index in [9.17, 15) is 0 Å². The Balaban J connectivity index is 1.52. The summed E-state index contributed by atoms with van der Waals surface area (Å²) in [6.07, 6.45) is 3.69. The van der Waals surface area contributed by atoms with Gasteiger partial charge in [-0.2, -0.15) is 0 Å². The molecule has 0 bridgehead atoms. The van der Waals surface area contributed by atoms with Crippen LogP contribution in [0.15, 0.2) is 30.3 Å². The Labute approximate surface area is 181 Å². The summed E-state index contributed by atoms with van der Waals surface area (Å²) in [5.74, 6) is 2.14. The lowest BCUT2D eigenvalue weighted by molar-refractivity contribution is 0.205. The summed E-state index contributed by atoms with van der Waals surface area (Å²) in [6.45, 7) is 10.8. The van der Waals surface area contributed by atoms with Crippen LogP contribution in [0.3, 0.4) is 0 Å². The molecule has 0 aromatic heterocycles. The number of aryl methyl sites for hydroxylation is 3. The molecule has 2 unspecified atom stereocenters. The maximum absolute atomic E-state index is 6.49. The highest BCUT2D eigenvalue weighted by Crippen LogP contribution is 2.32. The summed E-state index contributed by atoms with van der Waals surface area (Å²) < 4.78 is 12.9. The Hall–Kier alpha value is -2.04. The van der Waals surface area contributed by atoms with E-state index in [0.717, 1.165) is 56.9 Å². The van der Waals surface area contributed by atoms with Gasteiger partial charge in [0.25, 0.3) is 0 Å². The number of hydrogen-bond donors (Lipinski definition) is 0. The molecule has 0 N–H and O–H groups in total. The monoisotopic (exact) mass is 408 g/mol. The van der Waals surface area contributed by atoms with Gasteiger partial charge in [0.15, 0.2) is 0 Å². The van der Waals surface area contributed by atoms with Crippen molar-refractivity contribution >= 4 is 0 Å². The third kappa shape index (κ3) is 4.81. The normalized spacial score (nSPS) is 22.6. The summed E-state index contributed by atoms with van der Waals surface area (Å²) in [5.41, 5.74) is 6.27. The second-order valence-electron chi connectivity index (χ2n) is 9.38. The largest absolute Gasteiger partial charge is 0.488 e. The van der Waals surface area contributed by atoms with Crippen LogP contribution in [0.1, 0.15) is 40.7 Å². The number of hydrogen-bond acceptors (Lipinski definition) is 4. The van der Waals surface area contributed by atoms with Crippen molar-refractivity contribution in [2.75, 3.05) is 40.3 Å². The minimum absolute atomic E-state index is 0.290. The molecule has 162 valence electrons. The van der Waals surface area contributed by atoms with Crippen molar-refractivity contribution in [3.05, 3.63) is 58.1 Å². The molecule has 4 rings (SSSR count). The van der Waals surface area contributed by atoms with Crippen LogP contribution in [-0.2, 0) is 6.42 Å². The predicted octanol–water partition coefficient (Wildman–Crippen LogP) is 4.37. The molecule has 2 fully saturated rings. The van der Waals surface area contributed by atoms with Gasteiger partial charge in [0.1, 0.15) is 23.7 Å². The van der Waals surface area contributed by atoms with Crippen molar-refractivity contribution in [2.24, 2.45) is 0 Å². The Bertz CT molecular complexity index is 872. The SMILES string of the molecule is Cc1cc(Cc2cccc(C)c2OC2CCN(C)C2)cc(C)c1OC1CCN(C)C1. The van der Waals surface area contributed by atoms with Crippen molar-refractivity contribution in [1.29, 1.82) is 0 Å². The first-order chi connectivity index (χ1) is 14.4. The molecule has 2 aliphatic rings. The summed E-state index contributed by atoms with van der Waals surface area (Å²) in [4.78, 5) is 4.68. The Morgan fingerprint density at radius 3 is 1.90 bits per heavy atom. The van der Waals surface area contributed by atoms with Crippen LogP contribution in [0, 0.1) is 20.8 Å². The van der Waals surface area contributed by atoms with Gasteiger partial charge in [0.05, 0.1) is 0 Å². The number of likely N-dealkylation sites (N-methyl/N-ethyl adjacent to an activating group) is 2. The summed E-state index contributed by atoms with van der Waals surface area (Å²) in [6, 6.07) is 11.1. The van der Waals surface area contributed by atoms with Crippen LogP contribution in [0.25, 0.3) is 0 Å². The quantitative estimate of drug-likeness (QED) is 0.709. The average molecular weight is 409 g/mol. The third-order valence-corrected chi connectivity index (χ3v) is 6.47. The molecule has 4 heteroatoms. The zero-order valence-corrected chi connectivity index (χ0v) is 19.2. The fourth-order valence-corrected chi connectivity index (χ4v) is 4.88. The van der Waals surface area contributed by atoms with Gasteiger partial charge in [0.2, 0.25) is 0 Å². The third-order valence-electron chi connectivity index (χ3n) is 6.47. The Morgan fingerprint density at radius 1 is 0.800 bits per heavy atom. The van der Waals surface area contributed by atoms with Crippen molar-refractivity contribution < 1.29 is 9.47 Å². The molecule has 0 aliphatic carbocycles. The lowest BCUT2D eigenvalue weighted by Crippen LogP contribution is -2.22. The van der Waals surface area contributed by atoms with Crippen molar-refractivity contribution in [3.63, 3.8) is 0 Å². The number of rotatable bonds is 6. The van der Waals surface area contributed by atoms with E-state index in [1.54, 1.807) is 0 Å². The number of benzene rings is 2. The molecule has 0 spiro atoms. The average Bonchev–Trinajstić information content (AvgIpc) is 3.29. The van der Waals surface area contributed by atoms with Gasteiger partial charge >= 0.3 is 0 Å². The standard InChI is InChI=1S/C26H36N2O2/c1-18-7-6-8-22(26(18)30-24-10-12-28(5)17-24)15-21-13-19(2)25(20(3)14-21)29-23-9-11-27(4)16-23/h6-8,13-14,23-24H,9-12,15-17H2,1-5H3. The molecule has 2 aromatic rings. The molecular weight excluding hydrogens is 372 g/mol. The smallest absolute Gasteiger partial charge is 0.126 e. The molecule has 0 saturated carbocycles. The number of nitrogens with zero attached hydrogens (tertiary/aromatic N) is 2. The van der Waals surface area contributed by atoms with E-state index in [1.807, 2.05) is 0 Å². The number of para-hydroxylation sites is 1. The maximum atomic E-state index is 6.49. The number of likely N-dealkylation sites (tertiary alicyclic amines) is 2. The van der Waals surface area contributed by atoms with Crippen LogP contribution in [-0.4, -0.2) is 62.3 Å². The van der Waals surface area contributed by atoms with Gasteiger partial charge in [-0.15, -0.1) is 0 Å². The zero-order chi connectivity index (χ0) is 21.3. The zero-order valence-electron chi connectivity index (χ0n) is 19.2. The maximum Gasteiger partial charge on any atom is 0.126 e. The van der Waals surface area contributed by atoms with Crippen LogP contribution in [0.5, 0.6) is 11.5 Å². The van der Waals surface area contributed by atoms with Crippen molar-refractivity contribution in [2.45, 2.75) is 52.2 Å². The molecule has 2 saturated heterocycles. The van der Waals surface area contributed by atoms with Gasteiger partial charge in [-0.25, -0.2) is 0 Å². The van der Waals surface area contributed by atoms with Crippen LogP contribution in [0.2, 0.25) is 0 Å². The van der Waals surface area contributed by atoms with Crippen LogP contribution >= 0.6 is 0 Å². The molecule has 2 aliphatic heterocycles. The molecule has 2 heterocycles. The van der Waals surface area contributed by atoms with Gasteiger partial charge in [-0.3, -0.25) is 0 Å². The fourth-order valence-electron chi connectivity index (χ4n) is 4.88. The minimum atomic E-state index is 0.290. The van der Waals surface area contributed by atoms with E-state index in [4.69, 9.17) is 9.47 Å². The van der Waals surface area contributed by atoms with Gasteiger partial charge in [-0.05, 0) is 75.5 Å². The molecule has 0 amide bonds. The predicted molar refractivity (Wildman–Crippen MR) is 123 cm³/mol. The highest BCUT2D eigenvalue weighted by molar-refractivity contribution is 5.48. The highest BCUT2D eigenvalue weighted by Gasteiger charge is 2.24. The fraction of sp³-hybridized carbons (Fsp3) is 0.538. The minimum Gasteiger partial charge on any atom is -0.488 e. The van der Waals surface area contributed by atoms with E-state index >= 15 is 0 Å². The number of ether oxygens (including phenoxy) is 2. The van der Waals surface area contributed by atoms with Gasteiger partial charge in [-0.1, -0.05) is 30.3 Å². The van der Waals surface area contributed by atoms with Crippen molar-refractivity contribution in [3.8, 4) is 11.5 Å². The van der Waals surface area contributed by atoms with E-state index in [0.29, 0.717) is 12.2 Å². The molecule has 30 heavy (non-hydrogen) atoms. The first-order valence-corrected chi connectivity index (χ1v) is 11.3. The second kappa shape index (κ2) is 8.99. The first kappa shape index (κ1) is 21.2. The van der Waals surface area contributed by atoms with E-state index in [2.05, 4.69) is 75.0 Å². The molecular formula is C26H36N2O2.